The van der Waals surface area contributed by atoms with Crippen LogP contribution < -0.4 is 30.6 Å². The molecule has 2 unspecified atom stereocenters. The van der Waals surface area contributed by atoms with E-state index in [1.165, 1.54) is 24.5 Å². The highest BCUT2D eigenvalue weighted by atomic mass is 31.2. The van der Waals surface area contributed by atoms with Gasteiger partial charge in [0.15, 0.2) is 12.4 Å². The van der Waals surface area contributed by atoms with Crippen LogP contribution in [0, 0.1) is 0 Å². The summed E-state index contributed by atoms with van der Waals surface area (Å²) in [6.07, 6.45) is 1.21. The van der Waals surface area contributed by atoms with E-state index in [0.717, 1.165) is 12.1 Å². The molecule has 2 heterocycles. The number of aromatic amines is 2. The molecule has 168 valence electrons. The number of hydrogen-bond acceptors (Lipinski definition) is 6. The van der Waals surface area contributed by atoms with Crippen molar-refractivity contribution in [2.75, 3.05) is 0 Å². The summed E-state index contributed by atoms with van der Waals surface area (Å²) >= 11 is 0. The van der Waals surface area contributed by atoms with Crippen molar-refractivity contribution in [3.8, 4) is 0 Å². The van der Waals surface area contributed by atoms with Gasteiger partial charge < -0.3 is 39.1 Å². The van der Waals surface area contributed by atoms with Crippen molar-refractivity contribution in [1.82, 2.24) is 0 Å². The van der Waals surface area contributed by atoms with Crippen molar-refractivity contribution in [2.24, 2.45) is 0 Å². The lowest BCUT2D eigenvalue weighted by molar-refractivity contribution is -0.361. The summed E-state index contributed by atoms with van der Waals surface area (Å²) < 4.78 is 42.7. The third-order valence-corrected chi connectivity index (χ3v) is 6.38. The maximum Gasteiger partial charge on any atom is 0.329 e. The molecule has 0 saturated carbocycles. The van der Waals surface area contributed by atoms with E-state index in [1.54, 1.807) is 0 Å². The Bertz CT molecular complexity index is 983. The Kier molecular flexibility index (Phi) is 8.99. The first-order valence-electron chi connectivity index (χ1n) is 7.56. The smallest absolute Gasteiger partial charge is 0.329 e. The molecule has 0 bridgehead atoms. The van der Waals surface area contributed by atoms with Crippen LogP contribution in [-0.2, 0) is 30.6 Å². The average molecular weight is 506 g/mol. The number of hydrogen-bond donors (Lipinski definition) is 6. The minimum absolute atomic E-state index is 0.127. The van der Waals surface area contributed by atoms with Gasteiger partial charge in [-0.25, -0.2) is 9.97 Å². The molecule has 18 heteroatoms. The van der Waals surface area contributed by atoms with Gasteiger partial charge in [0, 0.05) is 24.3 Å². The second-order valence-corrected chi connectivity index (χ2v) is 12.2. The van der Waals surface area contributed by atoms with Crippen LogP contribution in [0.2, 0.25) is 0 Å². The molecule has 0 spiro atoms. The summed E-state index contributed by atoms with van der Waals surface area (Å²) in [7, 11) is -17.8. The lowest BCUT2D eigenvalue weighted by Crippen LogP contribution is -2.31. The van der Waals surface area contributed by atoms with Crippen LogP contribution in [0.1, 0.15) is 11.1 Å². The summed E-state index contributed by atoms with van der Waals surface area (Å²) in [5.74, 6) is 0. The molecule has 0 fully saturated rings. The van der Waals surface area contributed by atoms with Gasteiger partial charge in [0.1, 0.15) is 0 Å². The second kappa shape index (κ2) is 10.0. The minimum atomic E-state index is -4.67. The zero-order chi connectivity index (χ0) is 23.4. The SMILES string of the molecule is O=P(O)(O)Cc1cc[nH+]c(P(=O)([O-])O)c1.O=P(O)(O)Cc1cc[nH+]c(P(=O)([O-])O)c1. The summed E-state index contributed by atoms with van der Waals surface area (Å²) in [5.41, 5.74) is -0.702. The van der Waals surface area contributed by atoms with Crippen LogP contribution in [0.3, 0.4) is 0 Å². The second-order valence-electron chi connectivity index (χ2n) is 5.85. The highest BCUT2D eigenvalue weighted by Gasteiger charge is 2.20. The summed E-state index contributed by atoms with van der Waals surface area (Å²) in [5, 5.41) is 0. The molecule has 0 aromatic carbocycles. The van der Waals surface area contributed by atoms with Crippen LogP contribution in [0.5, 0.6) is 0 Å². The zero-order valence-corrected chi connectivity index (χ0v) is 18.4. The lowest BCUT2D eigenvalue weighted by Gasteiger charge is -2.10. The fraction of sp³-hybridized carbons (Fsp3) is 0.167. The van der Waals surface area contributed by atoms with E-state index in [0.29, 0.717) is 0 Å². The molecule has 0 aliphatic heterocycles. The van der Waals surface area contributed by atoms with E-state index in [-0.39, 0.29) is 11.1 Å². The predicted molar refractivity (Wildman–Crippen MR) is 96.4 cm³/mol. The molecule has 0 saturated heterocycles. The number of H-pyrrole nitrogens is 2. The van der Waals surface area contributed by atoms with Crippen LogP contribution >= 0.6 is 30.4 Å². The largest absolute Gasteiger partial charge is 0.771 e. The van der Waals surface area contributed by atoms with Gasteiger partial charge in [-0.05, 0) is 11.1 Å². The monoisotopic (exact) mass is 506 g/mol. The van der Waals surface area contributed by atoms with Gasteiger partial charge >= 0.3 is 15.2 Å². The summed E-state index contributed by atoms with van der Waals surface area (Å²) in [6.45, 7) is 0. The minimum Gasteiger partial charge on any atom is -0.771 e. The fourth-order valence-corrected chi connectivity index (χ4v) is 4.48. The van der Waals surface area contributed by atoms with Crippen molar-refractivity contribution in [1.29, 1.82) is 0 Å². The Morgan fingerprint density at radius 3 is 1.20 bits per heavy atom. The Hall–Kier alpha value is -1.10. The van der Waals surface area contributed by atoms with Crippen LogP contribution in [0.15, 0.2) is 36.7 Å². The maximum atomic E-state index is 10.7. The molecular formula is C12H18N2O12P4. The van der Waals surface area contributed by atoms with Crippen LogP contribution in [0.4, 0.5) is 0 Å². The molecule has 0 radical (unpaired) electrons. The van der Waals surface area contributed by atoms with Gasteiger partial charge in [-0.15, -0.1) is 0 Å². The normalized spacial score (nSPS) is 16.0. The fourth-order valence-electron chi connectivity index (χ4n) is 2.00. The molecular weight excluding hydrogens is 488 g/mol. The van der Waals surface area contributed by atoms with Crippen LogP contribution in [-0.4, -0.2) is 29.4 Å². The molecule has 2 rings (SSSR count). The van der Waals surface area contributed by atoms with Gasteiger partial charge in [-0.3, -0.25) is 18.3 Å². The predicted octanol–water partition coefficient (Wildman–Crippen LogP) is -3.30. The third-order valence-electron chi connectivity index (χ3n) is 3.09. The van der Waals surface area contributed by atoms with Crippen molar-refractivity contribution in [2.45, 2.75) is 12.3 Å². The van der Waals surface area contributed by atoms with Crippen molar-refractivity contribution >= 4 is 41.3 Å². The van der Waals surface area contributed by atoms with E-state index in [2.05, 4.69) is 9.97 Å². The first-order valence-corrected chi connectivity index (χ1v) is 14.3. The van der Waals surface area contributed by atoms with Gasteiger partial charge in [-0.1, -0.05) is 0 Å². The van der Waals surface area contributed by atoms with Gasteiger partial charge in [0.2, 0.25) is 15.2 Å². The Balaban J connectivity index is 0.000000300. The van der Waals surface area contributed by atoms with Crippen molar-refractivity contribution < 1.29 is 67.4 Å². The standard InChI is InChI=1S/2C6H9NO6P2/c2*8-14(9,10)4-5-1-2-7-6(3-5)15(11,12)13/h2*1-3H,4H2,(H2,8,9,10)(H2,11,12,13). The molecule has 0 aliphatic carbocycles. The van der Waals surface area contributed by atoms with Gasteiger partial charge in [0.05, 0.1) is 12.3 Å². The number of aromatic nitrogens is 2. The molecule has 0 aliphatic rings. The van der Waals surface area contributed by atoms with Crippen LogP contribution in [0.25, 0.3) is 0 Å². The Morgan fingerprint density at radius 1 is 0.667 bits per heavy atom. The van der Waals surface area contributed by atoms with Crippen molar-refractivity contribution in [3.63, 3.8) is 0 Å². The molecule has 0 amide bonds. The topological polar surface area (TPSA) is 264 Å². The summed E-state index contributed by atoms with van der Waals surface area (Å²) in [4.78, 5) is 77.9. The van der Waals surface area contributed by atoms with Gasteiger partial charge in [-0.2, -0.15) is 0 Å². The molecule has 8 N–H and O–H groups in total. The molecule has 2 aromatic rings. The average Bonchev–Trinajstić information content (AvgIpc) is 2.51. The van der Waals surface area contributed by atoms with E-state index in [1.807, 2.05) is 0 Å². The first kappa shape index (κ1) is 26.9. The lowest BCUT2D eigenvalue weighted by atomic mass is 10.3. The van der Waals surface area contributed by atoms with E-state index >= 15 is 0 Å². The first-order chi connectivity index (χ1) is 13.4. The van der Waals surface area contributed by atoms with E-state index in [4.69, 9.17) is 29.4 Å². The molecule has 2 atom stereocenters. The van der Waals surface area contributed by atoms with Crippen molar-refractivity contribution in [3.05, 3.63) is 47.8 Å². The number of pyridine rings is 2. The molecule has 30 heavy (non-hydrogen) atoms. The molecule has 2 aromatic heterocycles. The zero-order valence-electron chi connectivity index (χ0n) is 14.8. The highest BCUT2D eigenvalue weighted by molar-refractivity contribution is 7.58. The molecule has 14 nitrogen and oxygen atoms in total. The number of rotatable bonds is 6. The van der Waals surface area contributed by atoms with E-state index < -0.39 is 53.6 Å². The number of nitrogens with one attached hydrogen (secondary N) is 2. The third kappa shape index (κ3) is 10.8. The van der Waals surface area contributed by atoms with E-state index in [9.17, 15) is 28.0 Å². The van der Waals surface area contributed by atoms with Gasteiger partial charge in [0.25, 0.3) is 10.9 Å². The highest BCUT2D eigenvalue weighted by Crippen LogP contribution is 2.39. The Morgan fingerprint density at radius 2 is 0.967 bits per heavy atom. The summed E-state index contributed by atoms with van der Waals surface area (Å²) in [6, 6.07) is 4.59. The maximum absolute atomic E-state index is 10.7. The quantitative estimate of drug-likeness (QED) is 0.210. The Labute approximate surface area is 169 Å².